The van der Waals surface area contributed by atoms with Gasteiger partial charge in [0.1, 0.15) is 0 Å². The minimum atomic E-state index is -4.54. The second kappa shape index (κ2) is 3.71. The van der Waals surface area contributed by atoms with Crippen LogP contribution in [0.25, 0.3) is 5.65 Å². The van der Waals surface area contributed by atoms with Crippen molar-refractivity contribution in [2.75, 3.05) is 6.54 Å². The van der Waals surface area contributed by atoms with Crippen LogP contribution in [0.4, 0.5) is 13.2 Å². The average Bonchev–Trinajstić information content (AvgIpc) is 2.60. The summed E-state index contributed by atoms with van der Waals surface area (Å²) in [6, 6.07) is 0. The van der Waals surface area contributed by atoms with Gasteiger partial charge in [-0.3, -0.25) is 4.98 Å². The largest absolute Gasteiger partial charge is 0.453 e. The SMILES string of the molecule is NCCc1cn2nc(C(F)(F)F)nc2cn1. The summed E-state index contributed by atoms with van der Waals surface area (Å²) < 4.78 is 37.9. The molecule has 5 nitrogen and oxygen atoms in total. The van der Waals surface area contributed by atoms with Gasteiger partial charge in [0.15, 0.2) is 5.65 Å². The Labute approximate surface area is 88.1 Å². The lowest BCUT2D eigenvalue weighted by Crippen LogP contribution is -2.08. The van der Waals surface area contributed by atoms with Crippen molar-refractivity contribution in [1.29, 1.82) is 0 Å². The van der Waals surface area contributed by atoms with Crippen LogP contribution in [0.2, 0.25) is 0 Å². The number of alkyl halides is 3. The molecule has 0 aliphatic heterocycles. The summed E-state index contributed by atoms with van der Waals surface area (Å²) in [7, 11) is 0. The predicted octanol–water partition coefficient (Wildman–Crippen LogP) is 0.644. The average molecular weight is 231 g/mol. The van der Waals surface area contributed by atoms with Gasteiger partial charge in [-0.05, 0) is 6.54 Å². The Morgan fingerprint density at radius 2 is 2.12 bits per heavy atom. The quantitative estimate of drug-likeness (QED) is 0.823. The van der Waals surface area contributed by atoms with Crippen molar-refractivity contribution in [3.63, 3.8) is 0 Å². The van der Waals surface area contributed by atoms with E-state index in [-0.39, 0.29) is 5.65 Å². The maximum Gasteiger partial charge on any atom is 0.453 e. The fourth-order valence-corrected chi connectivity index (χ4v) is 1.23. The summed E-state index contributed by atoms with van der Waals surface area (Å²) in [6.07, 6.45) is -1.42. The number of hydrogen-bond donors (Lipinski definition) is 1. The van der Waals surface area contributed by atoms with Crippen molar-refractivity contribution >= 4 is 5.65 Å². The van der Waals surface area contributed by atoms with E-state index in [1.54, 1.807) is 0 Å². The molecule has 0 aliphatic carbocycles. The third-order valence-corrected chi connectivity index (χ3v) is 1.93. The zero-order valence-corrected chi connectivity index (χ0v) is 8.07. The normalized spacial score (nSPS) is 12.2. The summed E-state index contributed by atoms with van der Waals surface area (Å²) >= 11 is 0. The number of rotatable bonds is 2. The molecule has 0 amide bonds. The van der Waals surface area contributed by atoms with Crippen LogP contribution in [0, 0.1) is 0 Å². The zero-order valence-electron chi connectivity index (χ0n) is 8.07. The highest BCUT2D eigenvalue weighted by Crippen LogP contribution is 2.26. The van der Waals surface area contributed by atoms with E-state index < -0.39 is 12.0 Å². The maximum atomic E-state index is 12.3. The van der Waals surface area contributed by atoms with E-state index in [2.05, 4.69) is 15.1 Å². The third-order valence-electron chi connectivity index (χ3n) is 1.93. The molecule has 0 atom stereocenters. The lowest BCUT2D eigenvalue weighted by molar-refractivity contribution is -0.144. The van der Waals surface area contributed by atoms with Gasteiger partial charge in [0.05, 0.1) is 18.1 Å². The Bertz CT molecular complexity index is 504. The molecule has 2 N–H and O–H groups in total. The summed E-state index contributed by atoms with van der Waals surface area (Å²) in [5.74, 6) is -1.17. The van der Waals surface area contributed by atoms with Gasteiger partial charge in [0.25, 0.3) is 5.82 Å². The van der Waals surface area contributed by atoms with Gasteiger partial charge in [0.2, 0.25) is 0 Å². The van der Waals surface area contributed by atoms with E-state index in [1.165, 1.54) is 12.4 Å². The summed E-state index contributed by atoms with van der Waals surface area (Å²) in [5.41, 5.74) is 5.95. The van der Waals surface area contributed by atoms with Gasteiger partial charge in [-0.1, -0.05) is 0 Å². The van der Waals surface area contributed by atoms with Gasteiger partial charge >= 0.3 is 6.18 Å². The van der Waals surface area contributed by atoms with E-state index in [0.717, 1.165) is 4.52 Å². The molecule has 8 heteroatoms. The molecule has 86 valence electrons. The molecule has 0 saturated carbocycles. The Balaban J connectivity index is 2.46. The molecule has 2 aromatic rings. The highest BCUT2D eigenvalue weighted by molar-refractivity contribution is 5.34. The molecule has 0 spiro atoms. The van der Waals surface area contributed by atoms with Gasteiger partial charge in [-0.25, -0.2) is 9.50 Å². The highest BCUT2D eigenvalue weighted by atomic mass is 19.4. The first-order valence-corrected chi connectivity index (χ1v) is 4.49. The number of fused-ring (bicyclic) bond motifs is 1. The second-order valence-electron chi connectivity index (χ2n) is 3.15. The van der Waals surface area contributed by atoms with Gasteiger partial charge in [-0.15, -0.1) is 5.10 Å². The van der Waals surface area contributed by atoms with Crippen LogP contribution in [0.15, 0.2) is 12.4 Å². The lowest BCUT2D eigenvalue weighted by Gasteiger charge is -1.97. The molecule has 16 heavy (non-hydrogen) atoms. The van der Waals surface area contributed by atoms with Crippen molar-refractivity contribution in [3.8, 4) is 0 Å². The summed E-state index contributed by atoms with van der Waals surface area (Å²) in [6.45, 7) is 0.374. The molecule has 0 aromatic carbocycles. The number of nitrogens with zero attached hydrogens (tertiary/aromatic N) is 4. The Kier molecular flexibility index (Phi) is 2.50. The smallest absolute Gasteiger partial charge is 0.330 e. The van der Waals surface area contributed by atoms with E-state index in [4.69, 9.17) is 5.73 Å². The highest BCUT2D eigenvalue weighted by Gasteiger charge is 2.36. The molecular weight excluding hydrogens is 223 g/mol. The Morgan fingerprint density at radius 3 is 2.75 bits per heavy atom. The minimum absolute atomic E-state index is 0.0631. The second-order valence-corrected chi connectivity index (χ2v) is 3.15. The summed E-state index contributed by atoms with van der Waals surface area (Å²) in [4.78, 5) is 7.24. The van der Waals surface area contributed by atoms with Crippen molar-refractivity contribution in [2.45, 2.75) is 12.6 Å². The van der Waals surface area contributed by atoms with Crippen LogP contribution in [-0.4, -0.2) is 26.1 Å². The minimum Gasteiger partial charge on any atom is -0.330 e. The number of hydrogen-bond acceptors (Lipinski definition) is 4. The Morgan fingerprint density at radius 1 is 1.38 bits per heavy atom. The fraction of sp³-hybridized carbons (Fsp3) is 0.375. The van der Waals surface area contributed by atoms with Gasteiger partial charge < -0.3 is 5.73 Å². The van der Waals surface area contributed by atoms with Crippen LogP contribution < -0.4 is 5.73 Å². The monoisotopic (exact) mass is 231 g/mol. The summed E-state index contributed by atoms with van der Waals surface area (Å²) in [5, 5.41) is 3.33. The molecule has 0 bridgehead atoms. The standard InChI is InChI=1S/C8H8F3N5/c9-8(10,11)7-14-6-3-13-5(1-2-12)4-16(6)15-7/h3-4H,1-2,12H2. The zero-order chi connectivity index (χ0) is 11.8. The molecule has 2 aromatic heterocycles. The molecule has 2 rings (SSSR count). The molecule has 2 heterocycles. The van der Waals surface area contributed by atoms with Crippen molar-refractivity contribution in [1.82, 2.24) is 19.6 Å². The van der Waals surface area contributed by atoms with Crippen LogP contribution in [-0.2, 0) is 12.6 Å². The molecule has 0 fully saturated rings. The number of nitrogens with two attached hydrogens (primary N) is 1. The lowest BCUT2D eigenvalue weighted by atomic mass is 10.3. The van der Waals surface area contributed by atoms with Crippen LogP contribution in [0.3, 0.4) is 0 Å². The van der Waals surface area contributed by atoms with Crippen LogP contribution in [0.5, 0.6) is 0 Å². The van der Waals surface area contributed by atoms with E-state index in [0.29, 0.717) is 18.7 Å². The molecule has 0 aliphatic rings. The third kappa shape index (κ3) is 1.96. The van der Waals surface area contributed by atoms with Gasteiger partial charge in [-0.2, -0.15) is 13.2 Å². The molecular formula is C8H8F3N5. The first-order chi connectivity index (χ1) is 7.50. The fourth-order valence-electron chi connectivity index (χ4n) is 1.23. The van der Waals surface area contributed by atoms with E-state index in [1.807, 2.05) is 0 Å². The van der Waals surface area contributed by atoms with Crippen LogP contribution >= 0.6 is 0 Å². The number of halogens is 3. The van der Waals surface area contributed by atoms with Gasteiger partial charge in [0, 0.05) is 6.42 Å². The van der Waals surface area contributed by atoms with E-state index in [9.17, 15) is 13.2 Å². The Hall–Kier alpha value is -1.70. The van der Waals surface area contributed by atoms with Crippen molar-refractivity contribution in [3.05, 3.63) is 23.9 Å². The molecule has 0 radical (unpaired) electrons. The topological polar surface area (TPSA) is 69.1 Å². The first-order valence-electron chi connectivity index (χ1n) is 4.49. The predicted molar refractivity (Wildman–Crippen MR) is 48.5 cm³/mol. The van der Waals surface area contributed by atoms with Crippen molar-refractivity contribution in [2.24, 2.45) is 5.73 Å². The number of aromatic nitrogens is 4. The van der Waals surface area contributed by atoms with Crippen molar-refractivity contribution < 1.29 is 13.2 Å². The first kappa shape index (κ1) is 10.8. The van der Waals surface area contributed by atoms with E-state index >= 15 is 0 Å². The molecule has 0 saturated heterocycles. The molecule has 0 unspecified atom stereocenters. The maximum absolute atomic E-state index is 12.3. The van der Waals surface area contributed by atoms with Crippen LogP contribution in [0.1, 0.15) is 11.5 Å².